The number of hydrogen-bond donors (Lipinski definition) is 2. The lowest BCUT2D eigenvalue weighted by atomic mass is 10.1. The van der Waals surface area contributed by atoms with E-state index in [0.29, 0.717) is 13.0 Å². The SMILES string of the molecule is CCc1ccccc1NC(=O)CCNc1cccc(C)c1. The fourth-order valence-electron chi connectivity index (χ4n) is 2.24. The molecule has 3 nitrogen and oxygen atoms in total. The quantitative estimate of drug-likeness (QED) is 0.841. The summed E-state index contributed by atoms with van der Waals surface area (Å²) in [6.45, 7) is 4.77. The van der Waals surface area contributed by atoms with Crippen LogP contribution in [0, 0.1) is 6.92 Å². The molecule has 0 spiro atoms. The van der Waals surface area contributed by atoms with Crippen molar-refractivity contribution in [3.63, 3.8) is 0 Å². The van der Waals surface area contributed by atoms with Gasteiger partial charge < -0.3 is 10.6 Å². The number of para-hydroxylation sites is 1. The van der Waals surface area contributed by atoms with Crippen LogP contribution in [0.1, 0.15) is 24.5 Å². The number of aryl methyl sites for hydroxylation is 2. The van der Waals surface area contributed by atoms with Gasteiger partial charge >= 0.3 is 0 Å². The third kappa shape index (κ3) is 4.63. The van der Waals surface area contributed by atoms with E-state index in [-0.39, 0.29) is 5.91 Å². The van der Waals surface area contributed by atoms with Gasteiger partial charge in [-0.05, 0) is 42.7 Å². The van der Waals surface area contributed by atoms with Crippen LogP contribution in [0.4, 0.5) is 11.4 Å². The average molecular weight is 282 g/mol. The van der Waals surface area contributed by atoms with Gasteiger partial charge in [-0.3, -0.25) is 4.79 Å². The Morgan fingerprint density at radius 1 is 1.10 bits per heavy atom. The van der Waals surface area contributed by atoms with E-state index >= 15 is 0 Å². The van der Waals surface area contributed by atoms with Gasteiger partial charge in [0.15, 0.2) is 0 Å². The molecular weight excluding hydrogens is 260 g/mol. The summed E-state index contributed by atoms with van der Waals surface area (Å²) in [6, 6.07) is 16.1. The van der Waals surface area contributed by atoms with Crippen molar-refractivity contribution in [3.05, 3.63) is 59.7 Å². The standard InChI is InChI=1S/C18H22N2O/c1-3-15-8-4-5-10-17(15)20-18(21)11-12-19-16-9-6-7-14(2)13-16/h4-10,13,19H,3,11-12H2,1-2H3,(H,20,21). The summed E-state index contributed by atoms with van der Waals surface area (Å²) in [7, 11) is 0. The van der Waals surface area contributed by atoms with Crippen LogP contribution in [-0.4, -0.2) is 12.5 Å². The molecule has 0 saturated carbocycles. The molecule has 0 heterocycles. The molecule has 2 N–H and O–H groups in total. The Morgan fingerprint density at radius 2 is 1.90 bits per heavy atom. The second-order valence-electron chi connectivity index (χ2n) is 5.11. The molecular formula is C18H22N2O. The molecule has 21 heavy (non-hydrogen) atoms. The second kappa shape index (κ2) is 7.48. The molecule has 0 bridgehead atoms. The highest BCUT2D eigenvalue weighted by atomic mass is 16.1. The van der Waals surface area contributed by atoms with Crippen LogP contribution in [0.2, 0.25) is 0 Å². The predicted molar refractivity (Wildman–Crippen MR) is 88.7 cm³/mol. The van der Waals surface area contributed by atoms with Crippen LogP contribution in [0.5, 0.6) is 0 Å². The summed E-state index contributed by atoms with van der Waals surface area (Å²) in [4.78, 5) is 12.0. The third-order valence-corrected chi connectivity index (χ3v) is 3.37. The first kappa shape index (κ1) is 15.1. The van der Waals surface area contributed by atoms with E-state index in [4.69, 9.17) is 0 Å². The summed E-state index contributed by atoms with van der Waals surface area (Å²) < 4.78 is 0. The molecule has 2 rings (SSSR count). The third-order valence-electron chi connectivity index (χ3n) is 3.37. The molecule has 0 atom stereocenters. The number of benzene rings is 2. The van der Waals surface area contributed by atoms with Crippen molar-refractivity contribution < 1.29 is 4.79 Å². The smallest absolute Gasteiger partial charge is 0.226 e. The van der Waals surface area contributed by atoms with Crippen molar-refractivity contribution in [1.29, 1.82) is 0 Å². The lowest BCUT2D eigenvalue weighted by Gasteiger charge is -2.10. The van der Waals surface area contributed by atoms with Gasteiger partial charge in [-0.1, -0.05) is 37.3 Å². The van der Waals surface area contributed by atoms with Gasteiger partial charge in [0.25, 0.3) is 0 Å². The zero-order chi connectivity index (χ0) is 15.1. The fraction of sp³-hybridized carbons (Fsp3) is 0.278. The number of amides is 1. The maximum absolute atomic E-state index is 12.0. The molecule has 2 aromatic rings. The second-order valence-corrected chi connectivity index (χ2v) is 5.11. The van der Waals surface area contributed by atoms with Crippen molar-refractivity contribution in [2.24, 2.45) is 0 Å². The van der Waals surface area contributed by atoms with Crippen LogP contribution in [-0.2, 0) is 11.2 Å². The molecule has 3 heteroatoms. The van der Waals surface area contributed by atoms with Crippen molar-refractivity contribution in [3.8, 4) is 0 Å². The van der Waals surface area contributed by atoms with Crippen LogP contribution in [0.25, 0.3) is 0 Å². The lowest BCUT2D eigenvalue weighted by molar-refractivity contribution is -0.115. The number of carbonyl (C=O) groups is 1. The first-order valence-corrected chi connectivity index (χ1v) is 7.37. The molecule has 0 fully saturated rings. The fourth-order valence-corrected chi connectivity index (χ4v) is 2.24. The minimum Gasteiger partial charge on any atom is -0.385 e. The Morgan fingerprint density at radius 3 is 2.67 bits per heavy atom. The highest BCUT2D eigenvalue weighted by molar-refractivity contribution is 5.91. The van der Waals surface area contributed by atoms with Crippen molar-refractivity contribution >= 4 is 17.3 Å². The zero-order valence-electron chi connectivity index (χ0n) is 12.6. The van der Waals surface area contributed by atoms with E-state index in [1.165, 1.54) is 5.56 Å². The highest BCUT2D eigenvalue weighted by Gasteiger charge is 2.05. The van der Waals surface area contributed by atoms with Crippen molar-refractivity contribution in [2.45, 2.75) is 26.7 Å². The molecule has 0 aliphatic carbocycles. The van der Waals surface area contributed by atoms with Gasteiger partial charge in [-0.25, -0.2) is 0 Å². The summed E-state index contributed by atoms with van der Waals surface area (Å²) >= 11 is 0. The minimum atomic E-state index is 0.0380. The number of nitrogens with one attached hydrogen (secondary N) is 2. The Balaban J connectivity index is 1.82. The molecule has 2 aromatic carbocycles. The van der Waals surface area contributed by atoms with Crippen molar-refractivity contribution in [2.75, 3.05) is 17.2 Å². The molecule has 0 unspecified atom stereocenters. The Hall–Kier alpha value is -2.29. The lowest BCUT2D eigenvalue weighted by Crippen LogP contribution is -2.17. The van der Waals surface area contributed by atoms with E-state index in [1.807, 2.05) is 36.4 Å². The van der Waals surface area contributed by atoms with Crippen LogP contribution >= 0.6 is 0 Å². The number of hydrogen-bond acceptors (Lipinski definition) is 2. The summed E-state index contributed by atoms with van der Waals surface area (Å²) in [5.74, 6) is 0.0380. The van der Waals surface area contributed by atoms with Gasteiger partial charge in [-0.15, -0.1) is 0 Å². The molecule has 0 aliphatic heterocycles. The van der Waals surface area contributed by atoms with E-state index in [0.717, 1.165) is 23.4 Å². The van der Waals surface area contributed by atoms with Crippen LogP contribution in [0.3, 0.4) is 0 Å². The zero-order valence-corrected chi connectivity index (χ0v) is 12.6. The van der Waals surface area contributed by atoms with Crippen molar-refractivity contribution in [1.82, 2.24) is 0 Å². The summed E-state index contributed by atoms with van der Waals surface area (Å²) in [5, 5.41) is 6.25. The normalized spacial score (nSPS) is 10.2. The average Bonchev–Trinajstić information content (AvgIpc) is 2.48. The molecule has 1 amide bonds. The first-order chi connectivity index (χ1) is 10.2. The molecule has 0 radical (unpaired) electrons. The van der Waals surface area contributed by atoms with Gasteiger partial charge in [0.2, 0.25) is 5.91 Å². The van der Waals surface area contributed by atoms with E-state index in [1.54, 1.807) is 0 Å². The predicted octanol–water partition coefficient (Wildman–Crippen LogP) is 4.00. The van der Waals surface area contributed by atoms with E-state index in [9.17, 15) is 4.79 Å². The Labute approximate surface area is 126 Å². The Kier molecular flexibility index (Phi) is 5.38. The molecule has 0 aromatic heterocycles. The topological polar surface area (TPSA) is 41.1 Å². The van der Waals surface area contributed by atoms with E-state index < -0.39 is 0 Å². The number of carbonyl (C=O) groups excluding carboxylic acids is 1. The maximum atomic E-state index is 12.0. The van der Waals surface area contributed by atoms with Gasteiger partial charge in [0.05, 0.1) is 0 Å². The first-order valence-electron chi connectivity index (χ1n) is 7.37. The van der Waals surface area contributed by atoms with Gasteiger partial charge in [0, 0.05) is 24.3 Å². The molecule has 110 valence electrons. The summed E-state index contributed by atoms with van der Waals surface area (Å²) in [6.07, 6.45) is 1.37. The minimum absolute atomic E-state index is 0.0380. The monoisotopic (exact) mass is 282 g/mol. The number of anilines is 2. The van der Waals surface area contributed by atoms with Crippen LogP contribution in [0.15, 0.2) is 48.5 Å². The Bertz CT molecular complexity index is 608. The van der Waals surface area contributed by atoms with Gasteiger partial charge in [-0.2, -0.15) is 0 Å². The largest absolute Gasteiger partial charge is 0.385 e. The van der Waals surface area contributed by atoms with E-state index in [2.05, 4.69) is 36.6 Å². The highest BCUT2D eigenvalue weighted by Crippen LogP contribution is 2.15. The van der Waals surface area contributed by atoms with Gasteiger partial charge in [0.1, 0.15) is 0 Å². The van der Waals surface area contributed by atoms with Crippen LogP contribution < -0.4 is 10.6 Å². The maximum Gasteiger partial charge on any atom is 0.226 e. The number of rotatable bonds is 6. The summed E-state index contributed by atoms with van der Waals surface area (Å²) in [5.41, 5.74) is 4.34. The molecule has 0 saturated heterocycles. The molecule has 0 aliphatic rings.